The number of amides is 1. The van der Waals surface area contributed by atoms with Crippen molar-refractivity contribution < 1.29 is 19.6 Å². The third-order valence-corrected chi connectivity index (χ3v) is 6.29. The van der Waals surface area contributed by atoms with E-state index in [2.05, 4.69) is 16.2 Å². The molecule has 2 aromatic rings. The molecule has 0 aromatic heterocycles. The van der Waals surface area contributed by atoms with Crippen molar-refractivity contribution in [1.82, 2.24) is 10.9 Å². The highest BCUT2D eigenvalue weighted by Crippen LogP contribution is 2.28. The Morgan fingerprint density at radius 1 is 1.16 bits per heavy atom. The van der Waals surface area contributed by atoms with Gasteiger partial charge >= 0.3 is 0 Å². The van der Waals surface area contributed by atoms with Crippen molar-refractivity contribution in [2.45, 2.75) is 44.8 Å². The molecule has 31 heavy (non-hydrogen) atoms. The number of fused-ring (bicyclic) bond motifs is 1. The van der Waals surface area contributed by atoms with Crippen LogP contribution in [0.25, 0.3) is 0 Å². The lowest BCUT2D eigenvalue weighted by Gasteiger charge is -2.30. The van der Waals surface area contributed by atoms with E-state index < -0.39 is 0 Å². The van der Waals surface area contributed by atoms with Crippen LogP contribution in [0.3, 0.4) is 0 Å². The van der Waals surface area contributed by atoms with Crippen molar-refractivity contribution in [3.8, 4) is 11.5 Å². The average Bonchev–Trinajstić information content (AvgIpc) is 2.81. The molecule has 164 valence electrons. The highest BCUT2D eigenvalue weighted by atomic mass is 35.5. The first-order valence-electron chi connectivity index (χ1n) is 10.8. The van der Waals surface area contributed by atoms with Crippen molar-refractivity contribution in [3.05, 3.63) is 69.9 Å². The van der Waals surface area contributed by atoms with E-state index in [1.807, 2.05) is 18.2 Å². The number of nitrogens with two attached hydrogens (primary N) is 1. The lowest BCUT2D eigenvalue weighted by Crippen LogP contribution is -2.92. The number of carbonyl (C=O) groups is 1. The summed E-state index contributed by atoms with van der Waals surface area (Å²) in [6.45, 7) is 1.30. The zero-order valence-corrected chi connectivity index (χ0v) is 18.5. The number of hydrogen-bond donors (Lipinski definition) is 3. The van der Waals surface area contributed by atoms with Gasteiger partial charge < -0.3 is 20.2 Å². The quantitative estimate of drug-likeness (QED) is 0.575. The van der Waals surface area contributed by atoms with E-state index in [9.17, 15) is 4.79 Å². The summed E-state index contributed by atoms with van der Waals surface area (Å²) in [7, 11) is 1.60. The maximum Gasteiger partial charge on any atom is 0.269 e. The Morgan fingerprint density at radius 2 is 2.03 bits per heavy atom. The summed E-state index contributed by atoms with van der Waals surface area (Å²) >= 11 is 6.17. The van der Waals surface area contributed by atoms with Crippen molar-refractivity contribution >= 4 is 17.5 Å². The second kappa shape index (κ2) is 10.1. The number of methoxy groups -OCH3 is 1. The van der Waals surface area contributed by atoms with Crippen LogP contribution in [-0.4, -0.2) is 25.6 Å². The Labute approximate surface area is 187 Å². The standard InChI is InChI=1S/C24H28ClN3O3/c1-30-22-11-10-16(14-17(22)15-31-23-9-5-3-7-19(23)25)24(29)28-27-21-12-13-26-20-8-4-2-6-18(20)21/h3,5,7,9-11,14,20,26-27H,2,4,6,8,12-13,15H2,1H3,(H,28,29)/p+1. The molecule has 1 saturated carbocycles. The van der Waals surface area contributed by atoms with Gasteiger partial charge in [-0.05, 0) is 49.6 Å². The summed E-state index contributed by atoms with van der Waals surface area (Å²) in [6, 6.07) is 13.2. The van der Waals surface area contributed by atoms with Gasteiger partial charge in [-0.1, -0.05) is 23.7 Å². The molecular formula is C24H29ClN3O3+. The zero-order valence-electron chi connectivity index (χ0n) is 17.7. The molecule has 2 aromatic carbocycles. The molecule has 1 fully saturated rings. The molecule has 0 radical (unpaired) electrons. The maximum absolute atomic E-state index is 12.8. The van der Waals surface area contributed by atoms with Gasteiger partial charge in [-0.2, -0.15) is 0 Å². The summed E-state index contributed by atoms with van der Waals surface area (Å²) in [4.78, 5) is 12.8. The van der Waals surface area contributed by atoms with Crippen LogP contribution in [0.5, 0.6) is 11.5 Å². The molecule has 0 spiro atoms. The third kappa shape index (κ3) is 5.14. The van der Waals surface area contributed by atoms with E-state index in [0.717, 1.165) is 24.9 Å². The van der Waals surface area contributed by atoms with E-state index in [1.165, 1.54) is 30.5 Å². The largest absolute Gasteiger partial charge is 0.496 e. The Hall–Kier alpha value is -2.70. The lowest BCUT2D eigenvalue weighted by atomic mass is 9.86. The second-order valence-corrected chi connectivity index (χ2v) is 8.36. The Kier molecular flexibility index (Phi) is 6.99. The predicted molar refractivity (Wildman–Crippen MR) is 120 cm³/mol. The topological polar surface area (TPSA) is 76.2 Å². The molecule has 1 amide bonds. The van der Waals surface area contributed by atoms with Gasteiger partial charge in [0, 0.05) is 35.2 Å². The third-order valence-electron chi connectivity index (χ3n) is 5.98. The molecule has 1 atom stereocenters. The van der Waals surface area contributed by atoms with Crippen LogP contribution < -0.4 is 25.6 Å². The number of rotatable bonds is 7. The molecule has 4 N–H and O–H groups in total. The SMILES string of the molecule is COc1ccc(C(=O)NNC2=C3CCCCC3[NH2+]CC2)cc1COc1ccccc1Cl. The van der Waals surface area contributed by atoms with E-state index in [4.69, 9.17) is 21.1 Å². The van der Waals surface area contributed by atoms with Gasteiger partial charge in [0.25, 0.3) is 5.91 Å². The predicted octanol–water partition coefficient (Wildman–Crippen LogP) is 3.33. The normalized spacial score (nSPS) is 18.2. The van der Waals surface area contributed by atoms with Crippen LogP contribution in [0.15, 0.2) is 53.7 Å². The molecule has 2 aliphatic rings. The number of nitrogens with one attached hydrogen (secondary N) is 2. The van der Waals surface area contributed by atoms with Gasteiger partial charge in [-0.15, -0.1) is 0 Å². The van der Waals surface area contributed by atoms with Crippen molar-refractivity contribution in [3.63, 3.8) is 0 Å². The molecule has 1 unspecified atom stereocenters. The fraction of sp³-hybridized carbons (Fsp3) is 0.375. The summed E-state index contributed by atoms with van der Waals surface area (Å²) < 4.78 is 11.3. The Bertz CT molecular complexity index is 976. The number of quaternary nitrogens is 1. The highest BCUT2D eigenvalue weighted by Gasteiger charge is 2.28. The molecule has 0 bridgehead atoms. The first-order valence-corrected chi connectivity index (χ1v) is 11.2. The summed E-state index contributed by atoms with van der Waals surface area (Å²) in [5.41, 5.74) is 10.1. The number of hydrogen-bond acceptors (Lipinski definition) is 4. The maximum atomic E-state index is 12.8. The van der Waals surface area contributed by atoms with Crippen molar-refractivity contribution in [1.29, 1.82) is 0 Å². The number of halogens is 1. The smallest absolute Gasteiger partial charge is 0.269 e. The van der Waals surface area contributed by atoms with Crippen LogP contribution in [-0.2, 0) is 6.61 Å². The number of carbonyl (C=O) groups excluding carboxylic acids is 1. The summed E-state index contributed by atoms with van der Waals surface area (Å²) in [6.07, 6.45) is 5.81. The zero-order chi connectivity index (χ0) is 21.6. The summed E-state index contributed by atoms with van der Waals surface area (Å²) in [5.74, 6) is 1.07. The summed E-state index contributed by atoms with van der Waals surface area (Å²) in [5, 5.41) is 2.97. The average molecular weight is 443 g/mol. The van der Waals surface area contributed by atoms with Crippen molar-refractivity contribution in [2.24, 2.45) is 0 Å². The molecule has 6 nitrogen and oxygen atoms in total. The Morgan fingerprint density at radius 3 is 2.87 bits per heavy atom. The number of ether oxygens (including phenoxy) is 2. The molecule has 1 heterocycles. The number of benzene rings is 2. The van der Waals surface area contributed by atoms with E-state index in [0.29, 0.717) is 28.1 Å². The first kappa shape index (κ1) is 21.5. The lowest BCUT2D eigenvalue weighted by molar-refractivity contribution is -0.685. The van der Waals surface area contributed by atoms with Gasteiger partial charge in [-0.25, -0.2) is 0 Å². The van der Waals surface area contributed by atoms with Crippen LogP contribution in [0.4, 0.5) is 0 Å². The minimum atomic E-state index is -0.184. The molecule has 0 saturated heterocycles. The fourth-order valence-electron chi connectivity index (χ4n) is 4.36. The molecular weight excluding hydrogens is 414 g/mol. The molecule has 7 heteroatoms. The van der Waals surface area contributed by atoms with Crippen LogP contribution >= 0.6 is 11.6 Å². The van der Waals surface area contributed by atoms with Crippen LogP contribution in [0, 0.1) is 0 Å². The van der Waals surface area contributed by atoms with Gasteiger partial charge in [-0.3, -0.25) is 10.2 Å². The number of para-hydroxylation sites is 1. The molecule has 4 rings (SSSR count). The van der Waals surface area contributed by atoms with E-state index in [1.54, 1.807) is 31.4 Å². The van der Waals surface area contributed by atoms with Crippen LogP contribution in [0.2, 0.25) is 5.02 Å². The van der Waals surface area contributed by atoms with Crippen molar-refractivity contribution in [2.75, 3.05) is 13.7 Å². The monoisotopic (exact) mass is 442 g/mol. The minimum Gasteiger partial charge on any atom is -0.496 e. The first-order chi connectivity index (χ1) is 15.2. The van der Waals surface area contributed by atoms with Gasteiger partial charge in [0.1, 0.15) is 24.1 Å². The fourth-order valence-corrected chi connectivity index (χ4v) is 4.55. The van der Waals surface area contributed by atoms with Gasteiger partial charge in [0.05, 0.1) is 18.7 Å². The van der Waals surface area contributed by atoms with E-state index >= 15 is 0 Å². The van der Waals surface area contributed by atoms with E-state index in [-0.39, 0.29) is 12.5 Å². The number of hydrazine groups is 1. The second-order valence-electron chi connectivity index (χ2n) is 7.96. The highest BCUT2D eigenvalue weighted by molar-refractivity contribution is 6.32. The van der Waals surface area contributed by atoms with Gasteiger partial charge in [0.15, 0.2) is 0 Å². The minimum absolute atomic E-state index is 0.184. The molecule has 1 aliphatic heterocycles. The van der Waals surface area contributed by atoms with Gasteiger partial charge in [0.2, 0.25) is 0 Å². The van der Waals surface area contributed by atoms with Crippen LogP contribution in [0.1, 0.15) is 48.0 Å². The molecule has 1 aliphatic carbocycles. The Balaban J connectivity index is 1.44.